The van der Waals surface area contributed by atoms with Crippen molar-refractivity contribution in [3.05, 3.63) is 52.7 Å². The molecule has 2 aliphatic rings. The third-order valence-electron chi connectivity index (χ3n) is 6.48. The van der Waals surface area contributed by atoms with Gasteiger partial charge in [0.1, 0.15) is 5.82 Å². The minimum atomic E-state index is -0.0955. The molecular weight excluding hydrogens is 390 g/mol. The monoisotopic (exact) mass is 417 g/mol. The molecule has 1 amide bonds. The Balaban J connectivity index is 1.30. The van der Waals surface area contributed by atoms with Crippen LogP contribution in [0.25, 0.3) is 11.4 Å². The normalized spacial score (nSPS) is 20.0. The van der Waals surface area contributed by atoms with Gasteiger partial charge in [-0.2, -0.15) is 4.80 Å². The largest absolute Gasteiger partial charge is 0.363 e. The fraction of sp³-hybridized carbons (Fsp3) is 0.435. The average Bonchev–Trinajstić information content (AvgIpc) is 3.36. The van der Waals surface area contributed by atoms with Crippen LogP contribution in [0.1, 0.15) is 35.2 Å². The van der Waals surface area contributed by atoms with Crippen LogP contribution in [0.4, 0.5) is 5.82 Å². The lowest BCUT2D eigenvalue weighted by atomic mass is 9.86. The van der Waals surface area contributed by atoms with Crippen LogP contribution in [0, 0.1) is 13.8 Å². The second kappa shape index (κ2) is 7.44. The minimum Gasteiger partial charge on any atom is -0.363 e. The lowest BCUT2D eigenvalue weighted by molar-refractivity contribution is -0.129. The lowest BCUT2D eigenvalue weighted by Gasteiger charge is -2.36. The molecule has 2 aromatic heterocycles. The third kappa shape index (κ3) is 3.78. The van der Waals surface area contributed by atoms with Gasteiger partial charge in [0.05, 0.1) is 24.7 Å². The molecule has 1 spiro atoms. The zero-order valence-corrected chi connectivity index (χ0v) is 18.2. The molecule has 1 N–H and O–H groups in total. The number of fused-ring (bicyclic) bond motifs is 1. The first-order chi connectivity index (χ1) is 14.9. The molecule has 8 heteroatoms. The molecule has 3 aromatic rings. The molecule has 0 saturated carbocycles. The van der Waals surface area contributed by atoms with E-state index < -0.39 is 0 Å². The van der Waals surface area contributed by atoms with Crippen molar-refractivity contribution in [1.82, 2.24) is 30.1 Å². The van der Waals surface area contributed by atoms with Gasteiger partial charge in [0.2, 0.25) is 11.7 Å². The zero-order valence-electron chi connectivity index (χ0n) is 18.2. The van der Waals surface area contributed by atoms with Crippen molar-refractivity contribution in [2.75, 3.05) is 18.4 Å². The number of hydrogen-bond acceptors (Lipinski definition) is 6. The molecule has 1 aromatic carbocycles. The Morgan fingerprint density at radius 2 is 2.00 bits per heavy atom. The number of carbonyl (C=O) groups is 1. The Labute approximate surface area is 181 Å². The summed E-state index contributed by atoms with van der Waals surface area (Å²) < 4.78 is 0. The first-order valence-corrected chi connectivity index (χ1v) is 10.8. The van der Waals surface area contributed by atoms with E-state index >= 15 is 0 Å². The summed E-state index contributed by atoms with van der Waals surface area (Å²) in [5, 5.41) is 16.1. The van der Waals surface area contributed by atoms with Gasteiger partial charge in [0.15, 0.2) is 0 Å². The van der Waals surface area contributed by atoms with E-state index in [1.54, 1.807) is 7.05 Å². The fourth-order valence-electron chi connectivity index (χ4n) is 4.64. The van der Waals surface area contributed by atoms with Gasteiger partial charge in [-0.25, -0.2) is 4.98 Å². The van der Waals surface area contributed by atoms with Crippen molar-refractivity contribution in [2.45, 2.75) is 45.1 Å². The standard InChI is InChI=1S/C23H27N7O/c1-15-4-6-17(7-5-15)12-20(31)30-11-10-23(14-30)9-8-18-13-19(16(2)24-21(18)25-23)22-26-28-29(3)27-22/h4-7,13H,8-12,14H2,1-3H3,(H,24,25)/t23-/m0/s1. The van der Waals surface area contributed by atoms with Gasteiger partial charge in [-0.1, -0.05) is 29.8 Å². The topological polar surface area (TPSA) is 88.8 Å². The van der Waals surface area contributed by atoms with Gasteiger partial charge in [-0.3, -0.25) is 4.79 Å². The van der Waals surface area contributed by atoms with E-state index in [1.807, 2.05) is 24.0 Å². The lowest BCUT2D eigenvalue weighted by Crippen LogP contribution is -2.45. The summed E-state index contributed by atoms with van der Waals surface area (Å²) in [7, 11) is 1.76. The number of nitrogens with one attached hydrogen (secondary N) is 1. The third-order valence-corrected chi connectivity index (χ3v) is 6.48. The highest BCUT2D eigenvalue weighted by molar-refractivity contribution is 5.79. The van der Waals surface area contributed by atoms with E-state index in [1.165, 1.54) is 15.9 Å². The fourth-order valence-corrected chi connectivity index (χ4v) is 4.64. The van der Waals surface area contributed by atoms with E-state index in [-0.39, 0.29) is 11.4 Å². The summed E-state index contributed by atoms with van der Waals surface area (Å²) in [4.78, 5) is 21.2. The number of hydrogen-bond donors (Lipinski definition) is 1. The highest BCUT2D eigenvalue weighted by Gasteiger charge is 2.42. The Morgan fingerprint density at radius 3 is 2.74 bits per heavy atom. The Kier molecular flexibility index (Phi) is 4.72. The highest BCUT2D eigenvalue weighted by Crippen LogP contribution is 2.37. The molecule has 1 atom stereocenters. The Bertz CT molecular complexity index is 1140. The van der Waals surface area contributed by atoms with Crippen molar-refractivity contribution in [1.29, 1.82) is 0 Å². The number of benzene rings is 1. The van der Waals surface area contributed by atoms with Gasteiger partial charge in [-0.05, 0) is 55.5 Å². The maximum Gasteiger partial charge on any atom is 0.227 e. The molecule has 0 aliphatic carbocycles. The SMILES string of the molecule is Cc1ccc(CC(=O)N2CC[C@@]3(CCc4cc(-c5nnn(C)n5)c(C)nc4N3)C2)cc1. The summed E-state index contributed by atoms with van der Waals surface area (Å²) in [6.07, 6.45) is 3.30. The van der Waals surface area contributed by atoms with Crippen LogP contribution in [-0.2, 0) is 24.7 Å². The maximum absolute atomic E-state index is 12.9. The first-order valence-electron chi connectivity index (χ1n) is 10.8. The average molecular weight is 418 g/mol. The van der Waals surface area contributed by atoms with Crippen molar-refractivity contribution >= 4 is 11.7 Å². The summed E-state index contributed by atoms with van der Waals surface area (Å²) >= 11 is 0. The number of tetrazole rings is 1. The predicted molar refractivity (Wildman–Crippen MR) is 118 cm³/mol. The number of aromatic nitrogens is 5. The molecule has 5 rings (SSSR count). The van der Waals surface area contributed by atoms with Gasteiger partial charge >= 0.3 is 0 Å². The quantitative estimate of drug-likeness (QED) is 0.704. The van der Waals surface area contributed by atoms with Crippen LogP contribution in [0.15, 0.2) is 30.3 Å². The second-order valence-electron chi connectivity index (χ2n) is 8.86. The number of amides is 1. The van der Waals surface area contributed by atoms with Crippen molar-refractivity contribution in [3.63, 3.8) is 0 Å². The van der Waals surface area contributed by atoms with Crippen molar-refractivity contribution in [2.24, 2.45) is 7.05 Å². The summed E-state index contributed by atoms with van der Waals surface area (Å²) in [5.41, 5.74) is 5.15. The van der Waals surface area contributed by atoms with E-state index in [9.17, 15) is 4.79 Å². The molecule has 2 aliphatic heterocycles. The number of nitrogens with zero attached hydrogens (tertiary/aromatic N) is 6. The number of anilines is 1. The second-order valence-corrected chi connectivity index (χ2v) is 8.86. The van der Waals surface area contributed by atoms with Crippen molar-refractivity contribution in [3.8, 4) is 11.4 Å². The van der Waals surface area contributed by atoms with Crippen molar-refractivity contribution < 1.29 is 4.79 Å². The van der Waals surface area contributed by atoms with Crippen LogP contribution in [-0.4, -0.2) is 54.6 Å². The highest BCUT2D eigenvalue weighted by atomic mass is 16.2. The van der Waals surface area contributed by atoms with E-state index in [0.29, 0.717) is 12.2 Å². The summed E-state index contributed by atoms with van der Waals surface area (Å²) in [6.45, 7) is 5.55. The molecule has 31 heavy (non-hydrogen) atoms. The number of likely N-dealkylation sites (tertiary alicyclic amines) is 1. The van der Waals surface area contributed by atoms with E-state index in [0.717, 1.165) is 55.0 Å². The molecule has 0 bridgehead atoms. The summed E-state index contributed by atoms with van der Waals surface area (Å²) in [5.74, 6) is 1.72. The number of carbonyl (C=O) groups excluding carboxylic acids is 1. The van der Waals surface area contributed by atoms with Crippen LogP contribution in [0.3, 0.4) is 0 Å². The van der Waals surface area contributed by atoms with Crippen LogP contribution >= 0.6 is 0 Å². The number of aryl methyl sites for hydroxylation is 4. The summed E-state index contributed by atoms with van der Waals surface area (Å²) in [6, 6.07) is 10.3. The number of pyridine rings is 1. The minimum absolute atomic E-state index is 0.0955. The Hall–Kier alpha value is -3.29. The number of rotatable bonds is 3. The maximum atomic E-state index is 12.9. The predicted octanol–water partition coefficient (Wildman–Crippen LogP) is 2.46. The molecule has 160 valence electrons. The molecule has 0 radical (unpaired) electrons. The smallest absolute Gasteiger partial charge is 0.227 e. The molecule has 1 fully saturated rings. The molecule has 4 heterocycles. The van der Waals surface area contributed by atoms with Gasteiger partial charge in [0, 0.05) is 18.7 Å². The van der Waals surface area contributed by atoms with Crippen LogP contribution < -0.4 is 5.32 Å². The molecular formula is C23H27N7O. The van der Waals surface area contributed by atoms with Crippen LogP contribution in [0.2, 0.25) is 0 Å². The zero-order chi connectivity index (χ0) is 21.6. The Morgan fingerprint density at radius 1 is 1.19 bits per heavy atom. The van der Waals surface area contributed by atoms with E-state index in [2.05, 4.69) is 45.9 Å². The van der Waals surface area contributed by atoms with Gasteiger partial charge in [0.25, 0.3) is 0 Å². The first kappa shape index (κ1) is 19.7. The molecule has 8 nitrogen and oxygen atoms in total. The molecule has 1 saturated heterocycles. The molecule has 0 unspecified atom stereocenters. The van der Waals surface area contributed by atoms with Gasteiger partial charge in [-0.15, -0.1) is 10.2 Å². The van der Waals surface area contributed by atoms with E-state index in [4.69, 9.17) is 4.98 Å². The van der Waals surface area contributed by atoms with Gasteiger partial charge < -0.3 is 10.2 Å². The van der Waals surface area contributed by atoms with Crippen LogP contribution in [0.5, 0.6) is 0 Å².